The van der Waals surface area contributed by atoms with Gasteiger partial charge in [-0.3, -0.25) is 14.7 Å². The van der Waals surface area contributed by atoms with E-state index in [0.717, 1.165) is 0 Å². The Hall–Kier alpha value is -0.120. The van der Waals surface area contributed by atoms with Gasteiger partial charge in [0.25, 0.3) is 0 Å². The van der Waals surface area contributed by atoms with Crippen LogP contribution in [0.15, 0.2) is 0 Å². The van der Waals surface area contributed by atoms with Crippen LogP contribution >= 0.6 is 0 Å². The third-order valence-corrected chi connectivity index (χ3v) is 6.68. The van der Waals surface area contributed by atoms with E-state index in [-0.39, 0.29) is 0 Å². The summed E-state index contributed by atoms with van der Waals surface area (Å²) in [6.45, 7) is 14.4. The average Bonchev–Trinajstić information content (AvgIpc) is 2.75. The molecule has 1 rings (SSSR count). The number of unbranched alkanes of at least 4 members (excludes halogenated alkanes) is 15. The van der Waals surface area contributed by atoms with Crippen molar-refractivity contribution >= 4 is 0 Å². The lowest BCUT2D eigenvalue weighted by molar-refractivity contribution is -0.0312. The lowest BCUT2D eigenvalue weighted by Gasteiger charge is -2.42. The first-order valence-electron chi connectivity index (χ1n) is 14.0. The van der Waals surface area contributed by atoms with Crippen LogP contribution in [0.5, 0.6) is 0 Å². The number of nitrogens with zero attached hydrogens (tertiary/aromatic N) is 3. The molecule has 0 aromatic heterocycles. The lowest BCUT2D eigenvalue weighted by Crippen LogP contribution is -2.55. The Kier molecular flexibility index (Phi) is 19.3. The third-order valence-electron chi connectivity index (χ3n) is 6.68. The third kappa shape index (κ3) is 15.6. The molecule has 3 heteroatoms. The lowest BCUT2D eigenvalue weighted by atomic mass is 10.1. The predicted molar refractivity (Wildman–Crippen MR) is 135 cm³/mol. The highest BCUT2D eigenvalue weighted by Crippen LogP contribution is 2.14. The highest BCUT2D eigenvalue weighted by atomic mass is 15.5. The Bertz CT molecular complexity index is 289. The summed E-state index contributed by atoms with van der Waals surface area (Å²) >= 11 is 0. The maximum Gasteiger partial charge on any atom is 0.0529 e. The van der Waals surface area contributed by atoms with Crippen molar-refractivity contribution in [3.8, 4) is 0 Å². The molecule has 0 N–H and O–H groups in total. The number of hydrogen-bond donors (Lipinski definition) is 0. The van der Waals surface area contributed by atoms with Gasteiger partial charge in [0, 0.05) is 19.6 Å². The molecule has 1 saturated heterocycles. The average molecular weight is 424 g/mol. The van der Waals surface area contributed by atoms with Crippen LogP contribution in [0.4, 0.5) is 0 Å². The molecule has 0 radical (unpaired) electrons. The van der Waals surface area contributed by atoms with Crippen molar-refractivity contribution in [2.75, 3.05) is 39.6 Å². The number of hydrogen-bond acceptors (Lipinski definition) is 3. The van der Waals surface area contributed by atoms with Crippen molar-refractivity contribution < 1.29 is 0 Å². The summed E-state index contributed by atoms with van der Waals surface area (Å²) in [4.78, 5) is 8.20. The van der Waals surface area contributed by atoms with Gasteiger partial charge < -0.3 is 0 Å². The first kappa shape index (κ1) is 27.9. The first-order chi connectivity index (χ1) is 14.8. The molecule has 0 aromatic carbocycles. The van der Waals surface area contributed by atoms with E-state index in [4.69, 9.17) is 0 Å². The van der Waals surface area contributed by atoms with Crippen LogP contribution in [0.2, 0.25) is 0 Å². The van der Waals surface area contributed by atoms with Crippen molar-refractivity contribution in [2.45, 2.75) is 136 Å². The smallest absolute Gasteiger partial charge is 0.0529 e. The molecule has 180 valence electrons. The van der Waals surface area contributed by atoms with Gasteiger partial charge in [-0.25, -0.2) is 0 Å². The molecule has 0 spiro atoms. The highest BCUT2D eigenvalue weighted by molar-refractivity contribution is 4.70. The molecule has 0 amide bonds. The summed E-state index contributed by atoms with van der Waals surface area (Å²) in [7, 11) is 0. The summed E-state index contributed by atoms with van der Waals surface area (Å²) in [6, 6.07) is 0. The molecule has 0 atom stereocenters. The minimum absolute atomic E-state index is 1.21. The summed E-state index contributed by atoms with van der Waals surface area (Å²) < 4.78 is 0. The van der Waals surface area contributed by atoms with E-state index in [1.165, 1.54) is 155 Å². The highest BCUT2D eigenvalue weighted by Gasteiger charge is 2.22. The van der Waals surface area contributed by atoms with Crippen LogP contribution < -0.4 is 0 Å². The molecular weight excluding hydrogens is 366 g/mol. The fourth-order valence-electron chi connectivity index (χ4n) is 4.75. The van der Waals surface area contributed by atoms with Crippen molar-refractivity contribution in [3.63, 3.8) is 0 Å². The topological polar surface area (TPSA) is 9.72 Å². The Morgan fingerprint density at radius 2 is 0.567 bits per heavy atom. The van der Waals surface area contributed by atoms with Crippen LogP contribution in [-0.4, -0.2) is 54.3 Å². The molecular formula is C27H57N3. The van der Waals surface area contributed by atoms with Crippen LogP contribution in [0.1, 0.15) is 136 Å². The molecule has 30 heavy (non-hydrogen) atoms. The predicted octanol–water partition coefficient (Wildman–Crippen LogP) is 7.86. The Morgan fingerprint density at radius 3 is 0.833 bits per heavy atom. The molecule has 3 nitrogen and oxygen atoms in total. The summed E-state index contributed by atoms with van der Waals surface area (Å²) in [5, 5.41) is 0. The van der Waals surface area contributed by atoms with Crippen molar-refractivity contribution in [1.82, 2.24) is 14.7 Å². The number of rotatable bonds is 21. The van der Waals surface area contributed by atoms with Gasteiger partial charge in [0.1, 0.15) is 0 Å². The van der Waals surface area contributed by atoms with Gasteiger partial charge in [-0.15, -0.1) is 0 Å². The molecule has 1 aliphatic rings. The standard InChI is InChI=1S/C27H57N3/c1-4-7-10-13-16-19-22-28-25-29(23-20-17-14-11-8-5-2)27-30(26-28)24-21-18-15-12-9-6-3/h4-27H2,1-3H3. The Morgan fingerprint density at radius 1 is 0.333 bits per heavy atom. The summed E-state index contributed by atoms with van der Waals surface area (Å²) in [5.41, 5.74) is 0. The van der Waals surface area contributed by atoms with Crippen molar-refractivity contribution in [1.29, 1.82) is 0 Å². The van der Waals surface area contributed by atoms with Crippen molar-refractivity contribution in [3.05, 3.63) is 0 Å². The fourth-order valence-corrected chi connectivity index (χ4v) is 4.75. The second kappa shape index (κ2) is 20.8. The van der Waals surface area contributed by atoms with Gasteiger partial charge >= 0.3 is 0 Å². The quantitative estimate of drug-likeness (QED) is 0.174. The van der Waals surface area contributed by atoms with E-state index in [9.17, 15) is 0 Å². The van der Waals surface area contributed by atoms with E-state index in [1.807, 2.05) is 0 Å². The maximum absolute atomic E-state index is 2.73. The van der Waals surface area contributed by atoms with Crippen LogP contribution in [0.25, 0.3) is 0 Å². The molecule has 1 fully saturated rings. The molecule has 1 heterocycles. The largest absolute Gasteiger partial charge is 0.277 e. The van der Waals surface area contributed by atoms with Gasteiger partial charge in [0.05, 0.1) is 20.0 Å². The Balaban J connectivity index is 2.29. The zero-order valence-electron chi connectivity index (χ0n) is 21.3. The SMILES string of the molecule is CCCCCCCCN1CN(CCCCCCCC)CN(CCCCCCCC)C1. The van der Waals surface area contributed by atoms with E-state index >= 15 is 0 Å². The second-order valence-electron chi connectivity index (χ2n) is 9.91. The molecule has 0 aliphatic carbocycles. The van der Waals surface area contributed by atoms with Crippen molar-refractivity contribution in [2.24, 2.45) is 0 Å². The molecule has 0 bridgehead atoms. The molecule has 0 aromatic rings. The summed E-state index contributed by atoms with van der Waals surface area (Å²) in [6.07, 6.45) is 25.4. The van der Waals surface area contributed by atoms with Gasteiger partial charge in [-0.1, -0.05) is 117 Å². The van der Waals surface area contributed by atoms with E-state index in [2.05, 4.69) is 35.5 Å². The Labute approximate surface area is 191 Å². The van der Waals surface area contributed by atoms with Gasteiger partial charge in [0.15, 0.2) is 0 Å². The minimum Gasteiger partial charge on any atom is -0.277 e. The van der Waals surface area contributed by atoms with Crippen LogP contribution in [0.3, 0.4) is 0 Å². The maximum atomic E-state index is 2.73. The van der Waals surface area contributed by atoms with E-state index in [1.54, 1.807) is 0 Å². The second-order valence-corrected chi connectivity index (χ2v) is 9.91. The fraction of sp³-hybridized carbons (Fsp3) is 1.00. The van der Waals surface area contributed by atoms with Crippen LogP contribution in [-0.2, 0) is 0 Å². The zero-order valence-corrected chi connectivity index (χ0v) is 21.3. The normalized spacial score (nSPS) is 16.5. The summed E-state index contributed by atoms with van der Waals surface area (Å²) in [5.74, 6) is 0. The monoisotopic (exact) mass is 423 g/mol. The van der Waals surface area contributed by atoms with Gasteiger partial charge in [0.2, 0.25) is 0 Å². The minimum atomic E-state index is 1.21. The van der Waals surface area contributed by atoms with E-state index < -0.39 is 0 Å². The first-order valence-corrected chi connectivity index (χ1v) is 14.0. The molecule has 0 saturated carbocycles. The van der Waals surface area contributed by atoms with Crippen LogP contribution in [0, 0.1) is 0 Å². The molecule has 0 unspecified atom stereocenters. The van der Waals surface area contributed by atoms with Gasteiger partial charge in [-0.2, -0.15) is 0 Å². The zero-order chi connectivity index (χ0) is 21.7. The molecule has 1 aliphatic heterocycles. The van der Waals surface area contributed by atoms with E-state index in [0.29, 0.717) is 0 Å². The van der Waals surface area contributed by atoms with Gasteiger partial charge in [-0.05, 0) is 19.3 Å².